The summed E-state index contributed by atoms with van der Waals surface area (Å²) in [6.45, 7) is 3.72. The molecule has 3 heterocycles. The van der Waals surface area contributed by atoms with Gasteiger partial charge in [-0.1, -0.05) is 6.92 Å². The SMILES string of the molecule is Cc1nc2sc3c(c2c(=O)n1NC(=O)c1cc(C(F)(F)F)nn1C)CC[C@@H](C)C3. The summed E-state index contributed by atoms with van der Waals surface area (Å²) in [7, 11) is 1.23. The molecule has 1 N–H and O–H groups in total. The first-order chi connectivity index (χ1) is 13.6. The van der Waals surface area contributed by atoms with Crippen LogP contribution in [0.1, 0.15) is 45.8 Å². The molecule has 0 radical (unpaired) electrons. The monoisotopic (exact) mass is 425 g/mol. The fourth-order valence-electron chi connectivity index (χ4n) is 3.60. The molecular weight excluding hydrogens is 407 g/mol. The Hall–Kier alpha value is -2.69. The number of alkyl halides is 3. The van der Waals surface area contributed by atoms with E-state index < -0.39 is 23.3 Å². The van der Waals surface area contributed by atoms with Gasteiger partial charge in [0.05, 0.1) is 5.39 Å². The highest BCUT2D eigenvalue weighted by Gasteiger charge is 2.35. The zero-order valence-corrected chi connectivity index (χ0v) is 16.7. The Balaban J connectivity index is 1.74. The van der Waals surface area contributed by atoms with Gasteiger partial charge in [0.25, 0.3) is 11.5 Å². The maximum Gasteiger partial charge on any atom is 0.435 e. The van der Waals surface area contributed by atoms with Crippen LogP contribution in [0, 0.1) is 12.8 Å². The molecule has 0 saturated carbocycles. The van der Waals surface area contributed by atoms with E-state index in [0.717, 1.165) is 39.1 Å². The quantitative estimate of drug-likeness (QED) is 0.684. The maximum absolute atomic E-state index is 13.1. The highest BCUT2D eigenvalue weighted by Crippen LogP contribution is 2.35. The normalized spacial score (nSPS) is 16.8. The molecule has 1 amide bonds. The van der Waals surface area contributed by atoms with Gasteiger partial charge in [-0.3, -0.25) is 19.7 Å². The van der Waals surface area contributed by atoms with E-state index >= 15 is 0 Å². The van der Waals surface area contributed by atoms with Crippen LogP contribution in [0.25, 0.3) is 10.2 Å². The van der Waals surface area contributed by atoms with Gasteiger partial charge >= 0.3 is 6.18 Å². The molecule has 0 aromatic carbocycles. The standard InChI is InChI=1S/C18H18F3N5O2S/c1-8-4-5-10-12(6-8)29-16-14(10)17(28)26(9(2)22-16)24-15(27)11-7-13(18(19,20)21)23-25(11)3/h7-8H,4-6H2,1-3H3,(H,24,27)/t8-/m1/s1. The van der Waals surface area contributed by atoms with Crippen molar-refractivity contribution in [1.29, 1.82) is 0 Å². The van der Waals surface area contributed by atoms with E-state index in [2.05, 4.69) is 22.4 Å². The van der Waals surface area contributed by atoms with Crippen LogP contribution in [0.4, 0.5) is 13.2 Å². The number of carbonyl (C=O) groups excluding carboxylic acids is 1. The van der Waals surface area contributed by atoms with Gasteiger partial charge in [-0.25, -0.2) is 9.66 Å². The van der Waals surface area contributed by atoms with E-state index in [9.17, 15) is 22.8 Å². The molecule has 0 saturated heterocycles. The smallest absolute Gasteiger partial charge is 0.267 e. The third-order valence-electron chi connectivity index (χ3n) is 5.11. The molecule has 154 valence electrons. The highest BCUT2D eigenvalue weighted by atomic mass is 32.1. The number of hydrogen-bond donors (Lipinski definition) is 1. The van der Waals surface area contributed by atoms with E-state index in [1.807, 2.05) is 0 Å². The summed E-state index contributed by atoms with van der Waals surface area (Å²) in [5, 5.41) is 3.80. The largest absolute Gasteiger partial charge is 0.435 e. The van der Waals surface area contributed by atoms with Gasteiger partial charge in [0, 0.05) is 18.0 Å². The lowest BCUT2D eigenvalue weighted by Crippen LogP contribution is -2.36. The minimum absolute atomic E-state index is 0.251. The molecule has 3 aromatic heterocycles. The van der Waals surface area contributed by atoms with E-state index in [1.165, 1.54) is 18.4 Å². The number of thiophene rings is 1. The predicted octanol–water partition coefficient (Wildman–Crippen LogP) is 3.03. The predicted molar refractivity (Wildman–Crippen MR) is 102 cm³/mol. The molecule has 0 fully saturated rings. The molecule has 7 nitrogen and oxygen atoms in total. The van der Waals surface area contributed by atoms with Gasteiger partial charge in [0.1, 0.15) is 16.3 Å². The molecule has 4 rings (SSSR count). The topological polar surface area (TPSA) is 81.8 Å². The average molecular weight is 425 g/mol. The number of aromatic nitrogens is 4. The lowest BCUT2D eigenvalue weighted by atomic mass is 9.89. The zero-order valence-electron chi connectivity index (χ0n) is 15.9. The van der Waals surface area contributed by atoms with Crippen molar-refractivity contribution in [2.45, 2.75) is 39.3 Å². The highest BCUT2D eigenvalue weighted by molar-refractivity contribution is 7.18. The summed E-state index contributed by atoms with van der Waals surface area (Å²) in [5.74, 6) is -0.0912. The van der Waals surface area contributed by atoms with Crippen molar-refractivity contribution in [3.05, 3.63) is 44.1 Å². The van der Waals surface area contributed by atoms with Gasteiger partial charge in [-0.2, -0.15) is 18.3 Å². The number of halogens is 3. The number of aryl methyl sites for hydroxylation is 3. The fourth-order valence-corrected chi connectivity index (χ4v) is 5.02. The van der Waals surface area contributed by atoms with Crippen LogP contribution in [0.3, 0.4) is 0 Å². The second kappa shape index (κ2) is 6.68. The fraction of sp³-hybridized carbons (Fsp3) is 0.444. The van der Waals surface area contributed by atoms with Gasteiger partial charge in [0.2, 0.25) is 0 Å². The van der Waals surface area contributed by atoms with Gasteiger partial charge in [-0.15, -0.1) is 11.3 Å². The number of carbonyl (C=O) groups is 1. The zero-order chi connectivity index (χ0) is 21.1. The van der Waals surface area contributed by atoms with Crippen molar-refractivity contribution >= 4 is 27.5 Å². The molecule has 29 heavy (non-hydrogen) atoms. The summed E-state index contributed by atoms with van der Waals surface area (Å²) >= 11 is 1.49. The van der Waals surface area contributed by atoms with Crippen molar-refractivity contribution in [2.75, 3.05) is 5.43 Å². The molecule has 1 aliphatic carbocycles. The molecule has 0 spiro atoms. The number of nitrogens with zero attached hydrogens (tertiary/aromatic N) is 4. The summed E-state index contributed by atoms with van der Waals surface area (Å²) in [5.41, 5.74) is 1.42. The molecule has 0 bridgehead atoms. The van der Waals surface area contributed by atoms with Crippen molar-refractivity contribution in [3.63, 3.8) is 0 Å². The van der Waals surface area contributed by atoms with E-state index in [4.69, 9.17) is 0 Å². The summed E-state index contributed by atoms with van der Waals surface area (Å²) in [4.78, 5) is 31.9. The Labute approximate surface area is 167 Å². The summed E-state index contributed by atoms with van der Waals surface area (Å²) < 4.78 is 40.4. The second-order valence-corrected chi connectivity index (χ2v) is 8.39. The molecular formula is C18H18F3N5O2S. The van der Waals surface area contributed by atoms with Crippen LogP contribution in [0.5, 0.6) is 0 Å². The van der Waals surface area contributed by atoms with Crippen molar-refractivity contribution in [2.24, 2.45) is 13.0 Å². The number of rotatable bonds is 2. The lowest BCUT2D eigenvalue weighted by molar-refractivity contribution is -0.141. The van der Waals surface area contributed by atoms with Crippen LogP contribution in [-0.2, 0) is 26.1 Å². The van der Waals surface area contributed by atoms with E-state index in [1.54, 1.807) is 6.92 Å². The van der Waals surface area contributed by atoms with Crippen LogP contribution in [-0.4, -0.2) is 25.3 Å². The number of fused-ring (bicyclic) bond motifs is 3. The Morgan fingerprint density at radius 2 is 2.10 bits per heavy atom. The molecule has 11 heteroatoms. The van der Waals surface area contributed by atoms with Gasteiger partial charge in [-0.05, 0) is 37.7 Å². The van der Waals surface area contributed by atoms with Crippen molar-refractivity contribution in [3.8, 4) is 0 Å². The van der Waals surface area contributed by atoms with Crippen molar-refractivity contribution < 1.29 is 18.0 Å². The number of hydrogen-bond acceptors (Lipinski definition) is 5. The van der Waals surface area contributed by atoms with Crippen LogP contribution in [0.2, 0.25) is 0 Å². The maximum atomic E-state index is 13.1. The number of nitrogens with one attached hydrogen (secondary N) is 1. The lowest BCUT2D eigenvalue weighted by Gasteiger charge is -2.17. The molecule has 0 unspecified atom stereocenters. The second-order valence-electron chi connectivity index (χ2n) is 7.31. The molecule has 1 atom stereocenters. The van der Waals surface area contributed by atoms with Gasteiger partial charge < -0.3 is 0 Å². The Morgan fingerprint density at radius 1 is 1.38 bits per heavy atom. The minimum Gasteiger partial charge on any atom is -0.267 e. The summed E-state index contributed by atoms with van der Waals surface area (Å²) in [6, 6.07) is 0.648. The van der Waals surface area contributed by atoms with Crippen LogP contribution >= 0.6 is 11.3 Å². The first-order valence-corrected chi connectivity index (χ1v) is 9.84. The van der Waals surface area contributed by atoms with Gasteiger partial charge in [0.15, 0.2) is 5.69 Å². The minimum atomic E-state index is -4.67. The average Bonchev–Trinajstić information content (AvgIpc) is 3.18. The van der Waals surface area contributed by atoms with E-state index in [-0.39, 0.29) is 11.5 Å². The third kappa shape index (κ3) is 3.33. The molecule has 3 aromatic rings. The van der Waals surface area contributed by atoms with Crippen molar-refractivity contribution in [1.82, 2.24) is 19.4 Å². The number of amides is 1. The Bertz CT molecular complexity index is 1190. The van der Waals surface area contributed by atoms with E-state index in [0.29, 0.717) is 22.2 Å². The first kappa shape index (κ1) is 19.6. The Kier molecular flexibility index (Phi) is 4.52. The first-order valence-electron chi connectivity index (χ1n) is 9.02. The summed E-state index contributed by atoms with van der Waals surface area (Å²) in [6.07, 6.45) is -2.05. The third-order valence-corrected chi connectivity index (χ3v) is 6.26. The van der Waals surface area contributed by atoms with Crippen LogP contribution < -0.4 is 11.0 Å². The van der Waals surface area contributed by atoms with Crippen LogP contribution in [0.15, 0.2) is 10.9 Å². The molecule has 0 aliphatic heterocycles. The Morgan fingerprint density at radius 3 is 2.76 bits per heavy atom. The molecule has 1 aliphatic rings.